The number of esters is 1. The monoisotopic (exact) mass is 313 g/mol. The van der Waals surface area contributed by atoms with Crippen LogP contribution in [0, 0.1) is 5.92 Å². The molecule has 100 valence electrons. The van der Waals surface area contributed by atoms with E-state index in [9.17, 15) is 4.79 Å². The molecule has 0 saturated heterocycles. The fourth-order valence-electron chi connectivity index (χ4n) is 1.71. The second-order valence-electron chi connectivity index (χ2n) is 4.39. The molecule has 1 N–H and O–H groups in total. The summed E-state index contributed by atoms with van der Waals surface area (Å²) in [6, 6.07) is 7.80. The topological polar surface area (TPSA) is 38.3 Å². The lowest BCUT2D eigenvalue weighted by molar-refractivity contribution is -0.144. The molecule has 0 heterocycles. The van der Waals surface area contributed by atoms with Crippen molar-refractivity contribution in [2.75, 3.05) is 7.11 Å². The molecule has 0 spiro atoms. The summed E-state index contributed by atoms with van der Waals surface area (Å²) in [7, 11) is 1.43. The van der Waals surface area contributed by atoms with Crippen molar-refractivity contribution in [3.8, 4) is 0 Å². The summed E-state index contributed by atoms with van der Waals surface area (Å²) in [6.45, 7) is 4.79. The lowest BCUT2D eigenvalue weighted by Gasteiger charge is -2.21. The molecule has 0 amide bonds. The Morgan fingerprint density at radius 1 is 1.39 bits per heavy atom. The van der Waals surface area contributed by atoms with Crippen molar-refractivity contribution in [2.24, 2.45) is 5.92 Å². The summed E-state index contributed by atoms with van der Waals surface area (Å²) in [5.74, 6) is 0.0642. The van der Waals surface area contributed by atoms with Crippen LogP contribution in [-0.2, 0) is 16.1 Å². The molecule has 0 aromatic heterocycles. The highest BCUT2D eigenvalue weighted by Crippen LogP contribution is 2.13. The molecule has 0 radical (unpaired) electrons. The fourth-order valence-corrected chi connectivity index (χ4v) is 1.97. The minimum Gasteiger partial charge on any atom is -0.468 e. The SMILES string of the molecule is CCC(C)C(NCc1ccc(Br)cc1)C(=O)OC. The van der Waals surface area contributed by atoms with E-state index in [1.807, 2.05) is 24.3 Å². The Labute approximate surface area is 117 Å². The van der Waals surface area contributed by atoms with Gasteiger partial charge in [-0.2, -0.15) is 0 Å². The zero-order valence-electron chi connectivity index (χ0n) is 11.1. The number of hydrogen-bond donors (Lipinski definition) is 1. The van der Waals surface area contributed by atoms with Crippen LogP contribution in [-0.4, -0.2) is 19.1 Å². The first kappa shape index (κ1) is 15.2. The third-order valence-corrected chi connectivity index (χ3v) is 3.64. The molecule has 3 nitrogen and oxygen atoms in total. The number of methoxy groups -OCH3 is 1. The summed E-state index contributed by atoms with van der Waals surface area (Å²) >= 11 is 3.40. The van der Waals surface area contributed by atoms with Crippen molar-refractivity contribution in [3.05, 3.63) is 34.3 Å². The number of hydrogen-bond acceptors (Lipinski definition) is 3. The van der Waals surface area contributed by atoms with Gasteiger partial charge >= 0.3 is 5.97 Å². The molecule has 2 unspecified atom stereocenters. The van der Waals surface area contributed by atoms with Gasteiger partial charge in [0.05, 0.1) is 7.11 Å². The van der Waals surface area contributed by atoms with E-state index in [1.165, 1.54) is 7.11 Å². The van der Waals surface area contributed by atoms with Gasteiger partial charge < -0.3 is 10.1 Å². The first-order valence-electron chi connectivity index (χ1n) is 6.14. The number of ether oxygens (including phenoxy) is 1. The van der Waals surface area contributed by atoms with Crippen molar-refractivity contribution < 1.29 is 9.53 Å². The molecule has 1 aromatic carbocycles. The van der Waals surface area contributed by atoms with Gasteiger partial charge in [-0.25, -0.2) is 0 Å². The second-order valence-corrected chi connectivity index (χ2v) is 5.31. The van der Waals surface area contributed by atoms with Gasteiger partial charge in [0, 0.05) is 11.0 Å². The molecular weight excluding hydrogens is 294 g/mol. The molecule has 2 atom stereocenters. The lowest BCUT2D eigenvalue weighted by Crippen LogP contribution is -2.42. The van der Waals surface area contributed by atoms with Gasteiger partial charge in [0.2, 0.25) is 0 Å². The highest BCUT2D eigenvalue weighted by atomic mass is 79.9. The molecule has 18 heavy (non-hydrogen) atoms. The van der Waals surface area contributed by atoms with E-state index in [0.29, 0.717) is 6.54 Å². The van der Waals surface area contributed by atoms with Crippen LogP contribution in [0.3, 0.4) is 0 Å². The molecular formula is C14H20BrNO2. The Morgan fingerprint density at radius 3 is 2.50 bits per heavy atom. The number of benzene rings is 1. The first-order valence-corrected chi connectivity index (χ1v) is 6.93. The van der Waals surface area contributed by atoms with E-state index in [4.69, 9.17) is 4.74 Å². The predicted molar refractivity (Wildman–Crippen MR) is 76.2 cm³/mol. The second kappa shape index (κ2) is 7.54. The van der Waals surface area contributed by atoms with Crippen LogP contribution in [0.25, 0.3) is 0 Å². The van der Waals surface area contributed by atoms with E-state index in [2.05, 4.69) is 35.1 Å². The summed E-state index contributed by atoms with van der Waals surface area (Å²) in [4.78, 5) is 11.7. The normalized spacial score (nSPS) is 14.0. The van der Waals surface area contributed by atoms with Crippen LogP contribution in [0.2, 0.25) is 0 Å². The zero-order chi connectivity index (χ0) is 13.5. The van der Waals surface area contributed by atoms with Crippen molar-refractivity contribution in [3.63, 3.8) is 0 Å². The molecule has 0 aliphatic carbocycles. The third kappa shape index (κ3) is 4.42. The van der Waals surface area contributed by atoms with E-state index < -0.39 is 0 Å². The number of nitrogens with one attached hydrogen (secondary N) is 1. The molecule has 0 bridgehead atoms. The van der Waals surface area contributed by atoms with Gasteiger partial charge in [0.15, 0.2) is 0 Å². The van der Waals surface area contributed by atoms with Crippen molar-refractivity contribution in [2.45, 2.75) is 32.9 Å². The Balaban J connectivity index is 2.61. The molecule has 4 heteroatoms. The van der Waals surface area contributed by atoms with Gasteiger partial charge in [0.25, 0.3) is 0 Å². The summed E-state index contributed by atoms with van der Waals surface area (Å²) < 4.78 is 5.89. The zero-order valence-corrected chi connectivity index (χ0v) is 12.7. The standard InChI is InChI=1S/C14H20BrNO2/c1-4-10(2)13(14(17)18-3)16-9-11-5-7-12(15)8-6-11/h5-8,10,13,16H,4,9H2,1-3H3. The van der Waals surface area contributed by atoms with Gasteiger partial charge in [-0.15, -0.1) is 0 Å². The molecule has 0 aliphatic heterocycles. The van der Waals surface area contributed by atoms with E-state index in [1.54, 1.807) is 0 Å². The van der Waals surface area contributed by atoms with Crippen LogP contribution in [0.1, 0.15) is 25.8 Å². The number of carbonyl (C=O) groups is 1. The smallest absolute Gasteiger partial charge is 0.323 e. The molecule has 0 aliphatic rings. The number of halogens is 1. The van der Waals surface area contributed by atoms with Crippen LogP contribution >= 0.6 is 15.9 Å². The van der Waals surface area contributed by atoms with Crippen molar-refractivity contribution in [1.29, 1.82) is 0 Å². The van der Waals surface area contributed by atoms with E-state index >= 15 is 0 Å². The highest BCUT2D eigenvalue weighted by molar-refractivity contribution is 9.10. The quantitative estimate of drug-likeness (QED) is 0.820. The van der Waals surface area contributed by atoms with Gasteiger partial charge in [0.1, 0.15) is 6.04 Å². The van der Waals surface area contributed by atoms with Crippen LogP contribution in [0.4, 0.5) is 0 Å². The Hall–Kier alpha value is -0.870. The molecule has 1 rings (SSSR count). The number of carbonyl (C=O) groups excluding carboxylic acids is 1. The van der Waals surface area contributed by atoms with Gasteiger partial charge in [-0.05, 0) is 23.6 Å². The van der Waals surface area contributed by atoms with Crippen LogP contribution in [0.15, 0.2) is 28.7 Å². The maximum absolute atomic E-state index is 11.7. The summed E-state index contributed by atoms with van der Waals surface area (Å²) in [5.41, 5.74) is 1.15. The predicted octanol–water partition coefficient (Wildman–Crippen LogP) is 3.13. The fraction of sp³-hybridized carbons (Fsp3) is 0.500. The Morgan fingerprint density at radius 2 is 2.00 bits per heavy atom. The third-order valence-electron chi connectivity index (χ3n) is 3.11. The average Bonchev–Trinajstić information content (AvgIpc) is 2.40. The van der Waals surface area contributed by atoms with Crippen molar-refractivity contribution in [1.82, 2.24) is 5.32 Å². The lowest BCUT2D eigenvalue weighted by atomic mass is 9.99. The minimum absolute atomic E-state index is 0.193. The molecule has 1 aromatic rings. The van der Waals surface area contributed by atoms with E-state index in [-0.39, 0.29) is 17.9 Å². The summed E-state index contributed by atoms with van der Waals surface area (Å²) in [6.07, 6.45) is 0.938. The molecule has 0 saturated carbocycles. The van der Waals surface area contributed by atoms with Gasteiger partial charge in [-0.1, -0.05) is 48.3 Å². The average molecular weight is 314 g/mol. The maximum atomic E-state index is 11.7. The maximum Gasteiger partial charge on any atom is 0.323 e. The minimum atomic E-state index is -0.247. The van der Waals surface area contributed by atoms with Crippen LogP contribution < -0.4 is 5.32 Å². The van der Waals surface area contributed by atoms with Crippen molar-refractivity contribution >= 4 is 21.9 Å². The van der Waals surface area contributed by atoms with E-state index in [0.717, 1.165) is 16.5 Å². The number of rotatable bonds is 6. The summed E-state index contributed by atoms with van der Waals surface area (Å²) in [5, 5.41) is 3.27. The van der Waals surface area contributed by atoms with Crippen LogP contribution in [0.5, 0.6) is 0 Å². The molecule has 0 fully saturated rings. The highest BCUT2D eigenvalue weighted by Gasteiger charge is 2.23. The Bertz CT molecular complexity index is 378. The first-order chi connectivity index (χ1) is 8.58. The largest absolute Gasteiger partial charge is 0.468 e. The van der Waals surface area contributed by atoms with Gasteiger partial charge in [-0.3, -0.25) is 4.79 Å². The Kier molecular flexibility index (Phi) is 6.36.